The largest absolute Gasteiger partial charge is 0.494 e. The van der Waals surface area contributed by atoms with Gasteiger partial charge in [-0.15, -0.1) is 0 Å². The first-order valence-corrected chi connectivity index (χ1v) is 12.2. The molecule has 0 fully saturated rings. The Hall–Kier alpha value is -3.12. The number of para-hydroxylation sites is 1. The molecule has 2 aromatic carbocycles. The van der Waals surface area contributed by atoms with Gasteiger partial charge in [-0.05, 0) is 56.5 Å². The zero-order valence-electron chi connectivity index (χ0n) is 20.2. The molecule has 1 aliphatic rings. The fourth-order valence-electron chi connectivity index (χ4n) is 4.39. The first-order valence-electron chi connectivity index (χ1n) is 12.2. The predicted octanol–water partition coefficient (Wildman–Crippen LogP) is 5.72. The molecule has 0 radical (unpaired) electrons. The first kappa shape index (κ1) is 24.0. The highest BCUT2D eigenvalue weighted by molar-refractivity contribution is 5.99. The minimum absolute atomic E-state index is 0.126. The maximum Gasteiger partial charge on any atom is 0.290 e. The summed E-state index contributed by atoms with van der Waals surface area (Å²) in [7, 11) is 0. The maximum absolute atomic E-state index is 13.5. The van der Waals surface area contributed by atoms with Crippen molar-refractivity contribution in [3.05, 3.63) is 75.6 Å². The van der Waals surface area contributed by atoms with Crippen molar-refractivity contribution >= 4 is 16.9 Å². The summed E-state index contributed by atoms with van der Waals surface area (Å²) < 4.78 is 17.5. The summed E-state index contributed by atoms with van der Waals surface area (Å²) in [4.78, 5) is 28.6. The van der Waals surface area contributed by atoms with Crippen molar-refractivity contribution in [1.82, 2.24) is 4.90 Å². The number of hydrogen-bond donors (Lipinski definition) is 0. The smallest absolute Gasteiger partial charge is 0.290 e. The molecule has 0 bridgehead atoms. The summed E-state index contributed by atoms with van der Waals surface area (Å²) in [6, 6.07) is 14.3. The third kappa shape index (κ3) is 5.02. The Labute approximate surface area is 200 Å². The minimum atomic E-state index is -0.503. The van der Waals surface area contributed by atoms with E-state index in [1.165, 1.54) is 0 Å². The fraction of sp³-hybridized carbons (Fsp3) is 0.429. The molecule has 6 heteroatoms. The van der Waals surface area contributed by atoms with E-state index < -0.39 is 6.04 Å². The molecule has 3 aromatic rings. The molecule has 0 N–H and O–H groups in total. The Bertz CT molecular complexity index is 1180. The number of rotatable bonds is 11. The van der Waals surface area contributed by atoms with Gasteiger partial charge >= 0.3 is 0 Å². The number of unbranched alkanes of at least 4 members (excludes halogenated alkanes) is 2. The van der Waals surface area contributed by atoms with Gasteiger partial charge in [0.1, 0.15) is 11.3 Å². The maximum atomic E-state index is 13.5. The van der Waals surface area contributed by atoms with Crippen molar-refractivity contribution in [2.24, 2.45) is 0 Å². The minimum Gasteiger partial charge on any atom is -0.494 e. The quantitative estimate of drug-likeness (QED) is 0.340. The second-order valence-electron chi connectivity index (χ2n) is 8.97. The molecular formula is C28H33NO5. The van der Waals surface area contributed by atoms with E-state index in [1.807, 2.05) is 44.2 Å². The molecule has 1 amide bonds. The van der Waals surface area contributed by atoms with Crippen LogP contribution < -0.4 is 10.2 Å². The van der Waals surface area contributed by atoms with Gasteiger partial charge in [0.15, 0.2) is 5.43 Å². The van der Waals surface area contributed by atoms with Crippen molar-refractivity contribution in [3.63, 3.8) is 0 Å². The van der Waals surface area contributed by atoms with Crippen LogP contribution in [0.1, 0.15) is 74.2 Å². The van der Waals surface area contributed by atoms with Crippen molar-refractivity contribution < 1.29 is 18.7 Å². The molecule has 1 aromatic heterocycles. The summed E-state index contributed by atoms with van der Waals surface area (Å²) in [5, 5.41) is 0.486. The van der Waals surface area contributed by atoms with E-state index in [0.29, 0.717) is 42.7 Å². The Kier molecular flexibility index (Phi) is 7.68. The number of hydrogen-bond acceptors (Lipinski definition) is 5. The monoisotopic (exact) mass is 463 g/mol. The van der Waals surface area contributed by atoms with Crippen LogP contribution in [0.3, 0.4) is 0 Å². The number of carbonyl (C=O) groups excluding carboxylic acids is 1. The molecule has 0 saturated carbocycles. The SMILES string of the molecule is CCCCCOc1ccc(C2c3c(oc4ccccc4c3=O)C(=O)N2CCCOC(C)C)cc1. The van der Waals surface area contributed by atoms with E-state index in [2.05, 4.69) is 6.92 Å². The molecule has 6 nitrogen and oxygen atoms in total. The van der Waals surface area contributed by atoms with Gasteiger partial charge in [-0.1, -0.05) is 44.0 Å². The molecule has 0 saturated heterocycles. The zero-order chi connectivity index (χ0) is 24.1. The molecule has 2 heterocycles. The van der Waals surface area contributed by atoms with Crippen molar-refractivity contribution in [2.75, 3.05) is 19.8 Å². The second kappa shape index (κ2) is 10.9. The summed E-state index contributed by atoms with van der Waals surface area (Å²) in [6.45, 7) is 7.81. The number of ether oxygens (including phenoxy) is 2. The lowest BCUT2D eigenvalue weighted by atomic mass is 9.98. The molecule has 0 spiro atoms. The van der Waals surface area contributed by atoms with E-state index in [4.69, 9.17) is 13.9 Å². The highest BCUT2D eigenvalue weighted by Gasteiger charge is 2.42. The molecule has 1 atom stereocenters. The molecule has 4 rings (SSSR count). The lowest BCUT2D eigenvalue weighted by Gasteiger charge is -2.25. The number of fused-ring (bicyclic) bond motifs is 2. The van der Waals surface area contributed by atoms with Crippen molar-refractivity contribution in [3.8, 4) is 5.75 Å². The van der Waals surface area contributed by atoms with E-state index >= 15 is 0 Å². The van der Waals surface area contributed by atoms with Crippen LogP contribution in [0, 0.1) is 0 Å². The topological polar surface area (TPSA) is 69.0 Å². The Balaban J connectivity index is 1.66. The molecule has 180 valence electrons. The molecule has 1 unspecified atom stereocenters. The Morgan fingerprint density at radius 3 is 2.47 bits per heavy atom. The fourth-order valence-corrected chi connectivity index (χ4v) is 4.39. The van der Waals surface area contributed by atoms with Gasteiger partial charge in [-0.3, -0.25) is 9.59 Å². The lowest BCUT2D eigenvalue weighted by Crippen LogP contribution is -2.31. The summed E-state index contributed by atoms with van der Waals surface area (Å²) >= 11 is 0. The van der Waals surface area contributed by atoms with Crippen LogP contribution in [0.25, 0.3) is 11.0 Å². The van der Waals surface area contributed by atoms with Gasteiger partial charge in [0.2, 0.25) is 5.76 Å². The summed E-state index contributed by atoms with van der Waals surface area (Å²) in [5.41, 5.74) is 1.54. The van der Waals surface area contributed by atoms with Gasteiger partial charge in [0.05, 0.1) is 29.7 Å². The first-order chi connectivity index (χ1) is 16.5. The Morgan fingerprint density at radius 1 is 0.971 bits per heavy atom. The average Bonchev–Trinajstić information content (AvgIpc) is 3.12. The number of amides is 1. The van der Waals surface area contributed by atoms with Crippen LogP contribution in [-0.4, -0.2) is 36.7 Å². The zero-order valence-corrected chi connectivity index (χ0v) is 20.2. The van der Waals surface area contributed by atoms with E-state index in [9.17, 15) is 9.59 Å². The highest BCUT2D eigenvalue weighted by atomic mass is 16.5. The van der Waals surface area contributed by atoms with Crippen LogP contribution in [0.15, 0.2) is 57.7 Å². The van der Waals surface area contributed by atoms with Gasteiger partial charge in [-0.25, -0.2) is 0 Å². The number of benzene rings is 2. The van der Waals surface area contributed by atoms with Crippen LogP contribution >= 0.6 is 0 Å². The van der Waals surface area contributed by atoms with Gasteiger partial charge < -0.3 is 18.8 Å². The summed E-state index contributed by atoms with van der Waals surface area (Å²) in [6.07, 6.45) is 4.09. The van der Waals surface area contributed by atoms with Gasteiger partial charge in [-0.2, -0.15) is 0 Å². The van der Waals surface area contributed by atoms with Crippen molar-refractivity contribution in [1.29, 1.82) is 0 Å². The van der Waals surface area contributed by atoms with Crippen LogP contribution in [0.2, 0.25) is 0 Å². The van der Waals surface area contributed by atoms with E-state index in [0.717, 1.165) is 30.6 Å². The summed E-state index contributed by atoms with van der Waals surface area (Å²) in [5.74, 6) is 0.664. The molecule has 0 aliphatic carbocycles. The van der Waals surface area contributed by atoms with E-state index in [-0.39, 0.29) is 23.2 Å². The predicted molar refractivity (Wildman–Crippen MR) is 133 cm³/mol. The third-order valence-electron chi connectivity index (χ3n) is 6.08. The standard InChI is InChI=1S/C28H33NO5/c1-4-5-8-17-33-21-14-12-20(13-15-21)25-24-26(30)22-10-6-7-11-23(22)34-27(24)28(31)29(25)16-9-18-32-19(2)3/h6-7,10-15,19,25H,4-5,8-9,16-18H2,1-3H3. The van der Waals surface area contributed by atoms with E-state index in [1.54, 1.807) is 23.1 Å². The second-order valence-corrected chi connectivity index (χ2v) is 8.97. The van der Waals surface area contributed by atoms with Crippen LogP contribution in [-0.2, 0) is 4.74 Å². The average molecular weight is 464 g/mol. The Morgan fingerprint density at radius 2 is 1.74 bits per heavy atom. The lowest BCUT2D eigenvalue weighted by molar-refractivity contribution is 0.0593. The molecule has 1 aliphatic heterocycles. The van der Waals surface area contributed by atoms with Gasteiger partial charge in [0.25, 0.3) is 5.91 Å². The van der Waals surface area contributed by atoms with Gasteiger partial charge in [0, 0.05) is 13.2 Å². The van der Waals surface area contributed by atoms with Crippen LogP contribution in [0.5, 0.6) is 5.75 Å². The third-order valence-corrected chi connectivity index (χ3v) is 6.08. The number of nitrogens with zero attached hydrogens (tertiary/aromatic N) is 1. The molecular weight excluding hydrogens is 430 g/mol. The highest BCUT2D eigenvalue weighted by Crippen LogP contribution is 2.38. The normalized spacial score (nSPS) is 15.4. The molecule has 34 heavy (non-hydrogen) atoms. The van der Waals surface area contributed by atoms with Crippen molar-refractivity contribution in [2.45, 2.75) is 58.6 Å². The van der Waals surface area contributed by atoms with Crippen LogP contribution in [0.4, 0.5) is 0 Å². The number of carbonyl (C=O) groups is 1.